The maximum Gasteiger partial charge on any atom is 0.257 e. The van der Waals surface area contributed by atoms with Gasteiger partial charge in [-0.3, -0.25) is 14.3 Å². The molecule has 30 heavy (non-hydrogen) atoms. The monoisotopic (exact) mass is 423 g/mol. The lowest BCUT2D eigenvalue weighted by Gasteiger charge is -2.17. The summed E-state index contributed by atoms with van der Waals surface area (Å²) in [7, 11) is 3.74. The number of aromatic nitrogens is 2. The van der Waals surface area contributed by atoms with Gasteiger partial charge in [-0.1, -0.05) is 17.7 Å². The number of nitrogens with zero attached hydrogens (tertiary/aromatic N) is 4. The zero-order valence-corrected chi connectivity index (χ0v) is 17.6. The van der Waals surface area contributed by atoms with Crippen molar-refractivity contribution in [1.82, 2.24) is 14.7 Å². The van der Waals surface area contributed by atoms with E-state index in [-0.39, 0.29) is 18.4 Å². The Morgan fingerprint density at radius 3 is 2.67 bits per heavy atom. The molecule has 2 heterocycles. The van der Waals surface area contributed by atoms with E-state index in [2.05, 4.69) is 10.4 Å². The number of carbonyl (C=O) groups is 2. The number of anilines is 2. The van der Waals surface area contributed by atoms with Gasteiger partial charge in [0.2, 0.25) is 5.91 Å². The first-order valence-electron chi connectivity index (χ1n) is 9.56. The van der Waals surface area contributed by atoms with Gasteiger partial charge in [0.1, 0.15) is 6.54 Å². The van der Waals surface area contributed by atoms with Gasteiger partial charge < -0.3 is 15.1 Å². The molecule has 8 heteroatoms. The Labute approximate surface area is 179 Å². The van der Waals surface area contributed by atoms with Crippen LogP contribution < -0.4 is 10.2 Å². The second kappa shape index (κ2) is 8.20. The molecule has 0 saturated heterocycles. The Morgan fingerprint density at radius 2 is 1.93 bits per heavy atom. The first-order chi connectivity index (χ1) is 14.4. The number of benzene rings is 2. The van der Waals surface area contributed by atoms with Crippen LogP contribution in [0.1, 0.15) is 21.5 Å². The van der Waals surface area contributed by atoms with Crippen LogP contribution in [0.4, 0.5) is 11.4 Å². The van der Waals surface area contributed by atoms with Crippen molar-refractivity contribution in [2.45, 2.75) is 19.6 Å². The number of amides is 2. The van der Waals surface area contributed by atoms with Crippen LogP contribution in [0.5, 0.6) is 0 Å². The Bertz CT molecular complexity index is 1090. The molecule has 0 radical (unpaired) electrons. The average molecular weight is 424 g/mol. The number of hydrogen-bond donors (Lipinski definition) is 1. The number of carbonyl (C=O) groups excluding carboxylic acids is 2. The van der Waals surface area contributed by atoms with Crippen molar-refractivity contribution < 1.29 is 9.59 Å². The summed E-state index contributed by atoms with van der Waals surface area (Å²) in [5, 5.41) is 7.62. The summed E-state index contributed by atoms with van der Waals surface area (Å²) in [6.45, 7) is 1.29. The predicted octanol–water partition coefficient (Wildman–Crippen LogP) is 3.40. The van der Waals surface area contributed by atoms with Gasteiger partial charge in [-0.2, -0.15) is 5.10 Å². The van der Waals surface area contributed by atoms with E-state index in [0.29, 0.717) is 29.4 Å². The van der Waals surface area contributed by atoms with E-state index in [9.17, 15) is 9.59 Å². The minimum Gasteiger partial charge on any atom is -0.377 e. The molecule has 0 unspecified atom stereocenters. The van der Waals surface area contributed by atoms with Gasteiger partial charge in [0, 0.05) is 50.3 Å². The van der Waals surface area contributed by atoms with Gasteiger partial charge in [0.15, 0.2) is 0 Å². The SMILES string of the molecule is CN(C)c1cc(Cl)ccc1C(=O)Nc1ccc2c(c1)CN(C(=O)Cn1cccn1)C2. The molecule has 0 spiro atoms. The highest BCUT2D eigenvalue weighted by Crippen LogP contribution is 2.28. The lowest BCUT2D eigenvalue weighted by Crippen LogP contribution is -2.29. The molecule has 0 fully saturated rings. The molecule has 2 aromatic carbocycles. The highest BCUT2D eigenvalue weighted by molar-refractivity contribution is 6.31. The van der Waals surface area contributed by atoms with Crippen LogP contribution in [0.25, 0.3) is 0 Å². The standard InChI is InChI=1S/C22H22ClN5O2/c1-26(2)20-11-17(23)5-7-19(20)22(30)25-18-6-4-15-12-27(13-16(15)10-18)21(29)14-28-9-3-8-24-28/h3-11H,12-14H2,1-2H3,(H,25,30). The fraction of sp³-hybridized carbons (Fsp3) is 0.227. The van der Waals surface area contributed by atoms with E-state index in [1.807, 2.05) is 37.2 Å². The summed E-state index contributed by atoms with van der Waals surface area (Å²) in [4.78, 5) is 29.0. The van der Waals surface area contributed by atoms with Gasteiger partial charge in [-0.05, 0) is 47.5 Å². The highest BCUT2D eigenvalue weighted by Gasteiger charge is 2.24. The Kier molecular flexibility index (Phi) is 5.46. The van der Waals surface area contributed by atoms with Gasteiger partial charge in [0.25, 0.3) is 5.91 Å². The number of hydrogen-bond acceptors (Lipinski definition) is 4. The van der Waals surface area contributed by atoms with Crippen molar-refractivity contribution in [3.63, 3.8) is 0 Å². The summed E-state index contributed by atoms with van der Waals surface area (Å²) in [5.74, 6) is -0.197. The largest absolute Gasteiger partial charge is 0.377 e. The fourth-order valence-corrected chi connectivity index (χ4v) is 3.71. The molecule has 1 aliphatic rings. The second-order valence-electron chi connectivity index (χ2n) is 7.45. The molecule has 1 aliphatic heterocycles. The number of nitrogens with one attached hydrogen (secondary N) is 1. The van der Waals surface area contributed by atoms with Crippen LogP contribution in [0.3, 0.4) is 0 Å². The molecule has 154 valence electrons. The maximum atomic E-state index is 12.8. The highest BCUT2D eigenvalue weighted by atomic mass is 35.5. The van der Waals surface area contributed by atoms with Crippen LogP contribution in [-0.4, -0.2) is 40.6 Å². The molecular formula is C22H22ClN5O2. The molecule has 1 aromatic heterocycles. The van der Waals surface area contributed by atoms with Crippen molar-refractivity contribution >= 4 is 34.8 Å². The normalized spacial score (nSPS) is 12.6. The number of halogens is 1. The van der Waals surface area contributed by atoms with Crippen LogP contribution in [-0.2, 0) is 24.4 Å². The third-order valence-electron chi connectivity index (χ3n) is 5.08. The Morgan fingerprint density at radius 1 is 1.13 bits per heavy atom. The van der Waals surface area contributed by atoms with E-state index >= 15 is 0 Å². The average Bonchev–Trinajstić information content (AvgIpc) is 3.37. The third kappa shape index (κ3) is 4.16. The lowest BCUT2D eigenvalue weighted by molar-refractivity contribution is -0.132. The van der Waals surface area contributed by atoms with Crippen LogP contribution in [0.2, 0.25) is 5.02 Å². The molecule has 4 rings (SSSR count). The summed E-state index contributed by atoms with van der Waals surface area (Å²) in [5.41, 5.74) is 4.10. The first-order valence-corrected chi connectivity index (χ1v) is 9.94. The summed E-state index contributed by atoms with van der Waals surface area (Å²) in [6, 6.07) is 12.7. The molecule has 0 aliphatic carbocycles. The number of rotatable bonds is 5. The van der Waals surface area contributed by atoms with Crippen LogP contribution >= 0.6 is 11.6 Å². The lowest BCUT2D eigenvalue weighted by atomic mass is 10.1. The molecule has 0 atom stereocenters. The maximum absolute atomic E-state index is 12.8. The predicted molar refractivity (Wildman–Crippen MR) is 117 cm³/mol. The quantitative estimate of drug-likeness (QED) is 0.682. The summed E-state index contributed by atoms with van der Waals surface area (Å²) in [6.07, 6.45) is 3.43. The smallest absolute Gasteiger partial charge is 0.257 e. The van der Waals surface area contributed by atoms with E-state index < -0.39 is 0 Å². The zero-order chi connectivity index (χ0) is 21.3. The topological polar surface area (TPSA) is 70.5 Å². The zero-order valence-electron chi connectivity index (χ0n) is 16.8. The minimum absolute atomic E-state index is 0.0114. The molecule has 1 N–H and O–H groups in total. The van der Waals surface area contributed by atoms with Crippen molar-refractivity contribution in [2.24, 2.45) is 0 Å². The molecule has 7 nitrogen and oxygen atoms in total. The molecule has 3 aromatic rings. The minimum atomic E-state index is -0.208. The molecule has 2 amide bonds. The Hall–Kier alpha value is -3.32. The fourth-order valence-electron chi connectivity index (χ4n) is 3.55. The van der Waals surface area contributed by atoms with E-state index in [1.165, 1.54) is 0 Å². The first kappa shape index (κ1) is 20.0. The molecule has 0 bridgehead atoms. The van der Waals surface area contributed by atoms with E-state index in [4.69, 9.17) is 11.6 Å². The van der Waals surface area contributed by atoms with Crippen molar-refractivity contribution in [2.75, 3.05) is 24.3 Å². The van der Waals surface area contributed by atoms with Crippen molar-refractivity contribution in [3.05, 3.63) is 76.6 Å². The van der Waals surface area contributed by atoms with Crippen molar-refractivity contribution in [3.8, 4) is 0 Å². The van der Waals surface area contributed by atoms with Crippen LogP contribution in [0, 0.1) is 0 Å². The second-order valence-corrected chi connectivity index (χ2v) is 7.88. The van der Waals surface area contributed by atoms with Gasteiger partial charge in [-0.15, -0.1) is 0 Å². The number of fused-ring (bicyclic) bond motifs is 1. The summed E-state index contributed by atoms with van der Waals surface area (Å²) >= 11 is 6.08. The summed E-state index contributed by atoms with van der Waals surface area (Å²) < 4.78 is 1.62. The van der Waals surface area contributed by atoms with Gasteiger partial charge in [0.05, 0.1) is 11.3 Å². The Balaban J connectivity index is 1.46. The van der Waals surface area contributed by atoms with Crippen molar-refractivity contribution in [1.29, 1.82) is 0 Å². The van der Waals surface area contributed by atoms with E-state index in [0.717, 1.165) is 16.8 Å². The van der Waals surface area contributed by atoms with Gasteiger partial charge in [-0.25, -0.2) is 0 Å². The molecule has 0 saturated carbocycles. The van der Waals surface area contributed by atoms with E-state index in [1.54, 1.807) is 46.2 Å². The third-order valence-corrected chi connectivity index (χ3v) is 5.32. The van der Waals surface area contributed by atoms with Crippen LogP contribution in [0.15, 0.2) is 54.9 Å². The molecular weight excluding hydrogens is 402 g/mol. The van der Waals surface area contributed by atoms with Gasteiger partial charge >= 0.3 is 0 Å².